The van der Waals surface area contributed by atoms with Gasteiger partial charge < -0.3 is 9.30 Å². The Morgan fingerprint density at radius 1 is 1.19 bits per heavy atom. The average Bonchev–Trinajstić information content (AvgIpc) is 3.17. The van der Waals surface area contributed by atoms with E-state index in [1.165, 1.54) is 0 Å². The lowest BCUT2D eigenvalue weighted by Crippen LogP contribution is -2.58. The highest BCUT2D eigenvalue weighted by atomic mass is 15.4. The van der Waals surface area contributed by atoms with Crippen LogP contribution in [0.1, 0.15) is 11.5 Å². The average molecular weight is 348 g/mol. The minimum Gasteiger partial charge on any atom is -0.350 e. The van der Waals surface area contributed by atoms with Gasteiger partial charge in [-0.1, -0.05) is 6.07 Å². The largest absolute Gasteiger partial charge is 0.350 e. The van der Waals surface area contributed by atoms with Crippen LogP contribution in [-0.4, -0.2) is 60.0 Å². The predicted molar refractivity (Wildman–Crippen MR) is 98.2 cm³/mol. The third-order valence-corrected chi connectivity index (χ3v) is 5.09. The number of imidazole rings is 1. The number of nitrogens with zero attached hydrogens (tertiary/aromatic N) is 8. The number of likely N-dealkylation sites (N-methyl/N-ethyl adjacent to an activating group) is 1. The molecule has 0 bridgehead atoms. The van der Waals surface area contributed by atoms with Crippen molar-refractivity contribution >= 4 is 17.1 Å². The molecular weight excluding hydrogens is 328 g/mol. The monoisotopic (exact) mass is 348 g/mol. The van der Waals surface area contributed by atoms with Gasteiger partial charge in [0.1, 0.15) is 11.5 Å². The molecule has 5 rings (SSSR count). The van der Waals surface area contributed by atoms with E-state index < -0.39 is 0 Å². The summed E-state index contributed by atoms with van der Waals surface area (Å²) in [4.78, 5) is 13.8. The first-order chi connectivity index (χ1) is 12.7. The minimum atomic E-state index is 0.478. The van der Waals surface area contributed by atoms with Crippen molar-refractivity contribution in [2.75, 3.05) is 25.0 Å². The second kappa shape index (κ2) is 5.77. The third kappa shape index (κ3) is 2.41. The molecule has 1 aliphatic rings. The van der Waals surface area contributed by atoms with Gasteiger partial charge in [0.15, 0.2) is 5.82 Å². The number of pyridine rings is 1. The lowest BCUT2D eigenvalue weighted by Gasteiger charge is -2.44. The Balaban J connectivity index is 1.28. The number of anilines is 1. The van der Waals surface area contributed by atoms with Gasteiger partial charge in [-0.2, -0.15) is 0 Å². The molecule has 0 spiro atoms. The van der Waals surface area contributed by atoms with E-state index in [1.807, 2.05) is 48.1 Å². The van der Waals surface area contributed by atoms with Crippen LogP contribution in [0.4, 0.5) is 5.82 Å². The number of hydrogen-bond donors (Lipinski definition) is 0. The van der Waals surface area contributed by atoms with E-state index in [9.17, 15) is 0 Å². The molecule has 0 atom stereocenters. The number of hydrogen-bond acceptors (Lipinski definition) is 6. The van der Waals surface area contributed by atoms with E-state index in [2.05, 4.69) is 47.6 Å². The zero-order chi connectivity index (χ0) is 17.7. The highest BCUT2D eigenvalue weighted by molar-refractivity contribution is 5.65. The highest BCUT2D eigenvalue weighted by Gasteiger charge is 2.32. The van der Waals surface area contributed by atoms with Crippen molar-refractivity contribution in [2.24, 2.45) is 0 Å². The summed E-state index contributed by atoms with van der Waals surface area (Å²) in [7, 11) is 2.15. The highest BCUT2D eigenvalue weighted by Crippen LogP contribution is 2.25. The molecule has 0 N–H and O–H groups in total. The standard InChI is InChI=1S/C18H20N8/c1-13-21-22-18-17(19-6-8-26(13)18)25-11-15(12-25)23(2)9-14-10-24-7-4-3-5-16(24)20-14/h3-8,10,15H,9,11-12H2,1-2H3. The van der Waals surface area contributed by atoms with E-state index >= 15 is 0 Å². The molecular formula is C18H20N8. The van der Waals surface area contributed by atoms with Crippen LogP contribution in [-0.2, 0) is 6.54 Å². The van der Waals surface area contributed by atoms with Crippen LogP contribution in [0.15, 0.2) is 43.0 Å². The Morgan fingerprint density at radius 2 is 2.08 bits per heavy atom. The van der Waals surface area contributed by atoms with E-state index in [4.69, 9.17) is 0 Å². The summed E-state index contributed by atoms with van der Waals surface area (Å²) in [6, 6.07) is 6.54. The quantitative estimate of drug-likeness (QED) is 0.555. The van der Waals surface area contributed by atoms with Crippen molar-refractivity contribution in [1.29, 1.82) is 0 Å². The molecule has 4 aromatic rings. The molecule has 0 radical (unpaired) electrons. The molecule has 8 nitrogen and oxygen atoms in total. The maximum Gasteiger partial charge on any atom is 0.203 e. The summed E-state index contributed by atoms with van der Waals surface area (Å²) in [6.45, 7) is 4.65. The normalized spacial score (nSPS) is 15.3. The first-order valence-electron chi connectivity index (χ1n) is 8.73. The molecule has 0 unspecified atom stereocenters. The van der Waals surface area contributed by atoms with Crippen molar-refractivity contribution in [2.45, 2.75) is 19.5 Å². The molecule has 0 saturated carbocycles. The zero-order valence-electron chi connectivity index (χ0n) is 14.8. The zero-order valence-corrected chi connectivity index (χ0v) is 14.8. The Labute approximate surface area is 150 Å². The number of aromatic nitrogens is 6. The van der Waals surface area contributed by atoms with Crippen LogP contribution in [0.25, 0.3) is 11.3 Å². The van der Waals surface area contributed by atoms with E-state index in [1.54, 1.807) is 0 Å². The van der Waals surface area contributed by atoms with Gasteiger partial charge in [-0.25, -0.2) is 9.97 Å². The van der Waals surface area contributed by atoms with Crippen molar-refractivity contribution in [3.05, 3.63) is 54.5 Å². The molecule has 0 amide bonds. The Morgan fingerprint density at radius 3 is 2.92 bits per heavy atom. The lowest BCUT2D eigenvalue weighted by atomic mass is 10.1. The summed E-state index contributed by atoms with van der Waals surface area (Å²) in [5.74, 6) is 1.79. The van der Waals surface area contributed by atoms with Gasteiger partial charge in [0.2, 0.25) is 5.65 Å². The van der Waals surface area contributed by atoms with Crippen LogP contribution in [0.3, 0.4) is 0 Å². The van der Waals surface area contributed by atoms with Gasteiger partial charge in [0, 0.05) is 50.5 Å². The second-order valence-corrected chi connectivity index (χ2v) is 6.86. The van der Waals surface area contributed by atoms with E-state index in [-0.39, 0.29) is 0 Å². The molecule has 1 saturated heterocycles. The second-order valence-electron chi connectivity index (χ2n) is 6.86. The summed E-state index contributed by atoms with van der Waals surface area (Å²) in [5.41, 5.74) is 2.90. The van der Waals surface area contributed by atoms with Gasteiger partial charge in [-0.05, 0) is 26.1 Å². The molecule has 0 aliphatic carbocycles. The Bertz CT molecular complexity index is 1040. The summed E-state index contributed by atoms with van der Waals surface area (Å²) < 4.78 is 4.05. The number of aryl methyl sites for hydroxylation is 1. The summed E-state index contributed by atoms with van der Waals surface area (Å²) >= 11 is 0. The minimum absolute atomic E-state index is 0.478. The molecule has 0 aromatic carbocycles. The SMILES string of the molecule is Cc1nnc2c(N3CC(N(C)Cc4cn5ccccc5n4)C3)nccn12. The van der Waals surface area contributed by atoms with E-state index in [0.717, 1.165) is 48.3 Å². The van der Waals surface area contributed by atoms with Gasteiger partial charge in [-0.15, -0.1) is 10.2 Å². The molecule has 1 fully saturated rings. The van der Waals surface area contributed by atoms with Crippen LogP contribution in [0, 0.1) is 6.92 Å². The Kier molecular flexibility index (Phi) is 3.39. The fraction of sp³-hybridized carbons (Fsp3) is 0.333. The first kappa shape index (κ1) is 15.3. The van der Waals surface area contributed by atoms with E-state index in [0.29, 0.717) is 6.04 Å². The molecule has 1 aliphatic heterocycles. The molecule has 4 aromatic heterocycles. The van der Waals surface area contributed by atoms with Crippen molar-refractivity contribution < 1.29 is 0 Å². The predicted octanol–water partition coefficient (Wildman–Crippen LogP) is 1.40. The van der Waals surface area contributed by atoms with Crippen molar-refractivity contribution in [1.82, 2.24) is 33.9 Å². The molecule has 26 heavy (non-hydrogen) atoms. The van der Waals surface area contributed by atoms with Gasteiger partial charge in [0.25, 0.3) is 0 Å². The summed E-state index contributed by atoms with van der Waals surface area (Å²) in [6.07, 6.45) is 7.85. The number of rotatable bonds is 4. The molecule has 132 valence electrons. The topological polar surface area (TPSA) is 66.9 Å². The van der Waals surface area contributed by atoms with Crippen LogP contribution in [0.5, 0.6) is 0 Å². The van der Waals surface area contributed by atoms with Gasteiger partial charge >= 0.3 is 0 Å². The van der Waals surface area contributed by atoms with Crippen LogP contribution in [0.2, 0.25) is 0 Å². The maximum absolute atomic E-state index is 4.69. The van der Waals surface area contributed by atoms with Crippen molar-refractivity contribution in [3.63, 3.8) is 0 Å². The van der Waals surface area contributed by atoms with Gasteiger partial charge in [-0.3, -0.25) is 9.30 Å². The first-order valence-corrected chi connectivity index (χ1v) is 8.73. The Hall–Kier alpha value is -3.00. The fourth-order valence-corrected chi connectivity index (χ4v) is 3.51. The smallest absolute Gasteiger partial charge is 0.203 e. The third-order valence-electron chi connectivity index (χ3n) is 5.09. The van der Waals surface area contributed by atoms with Crippen LogP contribution >= 0.6 is 0 Å². The van der Waals surface area contributed by atoms with Crippen LogP contribution < -0.4 is 4.90 Å². The van der Waals surface area contributed by atoms with Gasteiger partial charge in [0.05, 0.1) is 5.69 Å². The van der Waals surface area contributed by atoms with Crippen molar-refractivity contribution in [3.8, 4) is 0 Å². The number of fused-ring (bicyclic) bond motifs is 2. The lowest BCUT2D eigenvalue weighted by molar-refractivity contribution is 0.195. The fourth-order valence-electron chi connectivity index (χ4n) is 3.51. The molecule has 5 heterocycles. The molecule has 8 heteroatoms. The summed E-state index contributed by atoms with van der Waals surface area (Å²) in [5, 5.41) is 8.42. The maximum atomic E-state index is 4.69.